The van der Waals surface area contributed by atoms with Crippen molar-refractivity contribution in [3.05, 3.63) is 36.4 Å². The molecule has 0 aromatic heterocycles. The quantitative estimate of drug-likeness (QED) is 0.863. The van der Waals surface area contributed by atoms with Crippen molar-refractivity contribution in [3.63, 3.8) is 0 Å². The Kier molecular flexibility index (Phi) is 4.21. The van der Waals surface area contributed by atoms with Gasteiger partial charge in [-0.15, -0.1) is 12.4 Å². The molecule has 0 aliphatic rings. The Morgan fingerprint density at radius 3 is 2.11 bits per heavy atom. The minimum atomic E-state index is -4.13. The van der Waals surface area contributed by atoms with Crippen LogP contribution >= 0.6 is 12.4 Å². The minimum absolute atomic E-state index is 0. The van der Waals surface area contributed by atoms with Crippen LogP contribution in [0.15, 0.2) is 41.3 Å². The van der Waals surface area contributed by atoms with Gasteiger partial charge in [0, 0.05) is 19.8 Å². The molecule has 0 saturated heterocycles. The van der Waals surface area contributed by atoms with Gasteiger partial charge in [-0.2, -0.15) is 8.42 Å². The highest BCUT2D eigenvalue weighted by Gasteiger charge is 2.09. The summed E-state index contributed by atoms with van der Waals surface area (Å²) in [5, 5.41) is 1.72. The summed E-state index contributed by atoms with van der Waals surface area (Å²) < 4.78 is 31.0. The van der Waals surface area contributed by atoms with Crippen LogP contribution in [-0.4, -0.2) is 27.1 Å². The molecule has 0 spiro atoms. The van der Waals surface area contributed by atoms with E-state index in [1.54, 1.807) is 6.07 Å². The average Bonchev–Trinajstić information content (AvgIpc) is 2.26. The zero-order chi connectivity index (χ0) is 12.6. The Morgan fingerprint density at radius 1 is 1.00 bits per heavy atom. The number of nitrogens with zero attached hydrogens (tertiary/aromatic N) is 1. The largest absolute Gasteiger partial charge is 0.378 e. The summed E-state index contributed by atoms with van der Waals surface area (Å²) in [4.78, 5) is 1.89. The van der Waals surface area contributed by atoms with Gasteiger partial charge < -0.3 is 4.90 Å². The fourth-order valence-corrected chi connectivity index (χ4v) is 2.17. The second kappa shape index (κ2) is 5.14. The van der Waals surface area contributed by atoms with E-state index in [2.05, 4.69) is 0 Å². The first-order chi connectivity index (χ1) is 7.88. The molecule has 2 aromatic rings. The Hall–Kier alpha value is -1.30. The van der Waals surface area contributed by atoms with E-state index in [0.29, 0.717) is 0 Å². The maximum absolute atomic E-state index is 11.0. The van der Waals surface area contributed by atoms with Crippen molar-refractivity contribution in [1.29, 1.82) is 0 Å². The van der Waals surface area contributed by atoms with E-state index >= 15 is 0 Å². The van der Waals surface area contributed by atoms with Crippen LogP contribution in [0.25, 0.3) is 10.8 Å². The van der Waals surface area contributed by atoms with Crippen LogP contribution in [0.4, 0.5) is 5.69 Å². The fraction of sp³-hybridized carbons (Fsp3) is 0.167. The van der Waals surface area contributed by atoms with E-state index in [9.17, 15) is 8.42 Å². The predicted octanol–water partition coefficient (Wildman–Crippen LogP) is 2.57. The Bertz CT molecular complexity index is 668. The van der Waals surface area contributed by atoms with Crippen molar-refractivity contribution in [3.8, 4) is 0 Å². The normalized spacial score (nSPS) is 11.1. The number of hydrogen-bond donors (Lipinski definition) is 1. The number of fused-ring (bicyclic) bond motifs is 1. The third-order valence-electron chi connectivity index (χ3n) is 2.61. The van der Waals surface area contributed by atoms with Crippen LogP contribution in [0.2, 0.25) is 0 Å². The summed E-state index contributed by atoms with van der Waals surface area (Å²) in [6.07, 6.45) is 0. The third-order valence-corrected chi connectivity index (χ3v) is 3.46. The molecular weight excluding hydrogens is 274 g/mol. The SMILES string of the molecule is CN(C)c1ccc2cc(S(=O)(=O)O)ccc2c1.Cl. The van der Waals surface area contributed by atoms with Crippen LogP contribution in [0.1, 0.15) is 0 Å². The molecular formula is C12H14ClNO3S. The lowest BCUT2D eigenvalue weighted by atomic mass is 10.1. The van der Waals surface area contributed by atoms with Crippen molar-refractivity contribution in [2.75, 3.05) is 19.0 Å². The van der Waals surface area contributed by atoms with Crippen molar-refractivity contribution in [2.24, 2.45) is 0 Å². The number of halogens is 1. The van der Waals surface area contributed by atoms with Crippen molar-refractivity contribution in [1.82, 2.24) is 0 Å². The van der Waals surface area contributed by atoms with E-state index < -0.39 is 10.1 Å². The van der Waals surface area contributed by atoms with Gasteiger partial charge in [0.1, 0.15) is 0 Å². The Morgan fingerprint density at radius 2 is 1.56 bits per heavy atom. The number of anilines is 1. The number of rotatable bonds is 2. The smallest absolute Gasteiger partial charge is 0.294 e. The molecule has 98 valence electrons. The van der Waals surface area contributed by atoms with Gasteiger partial charge in [0.05, 0.1) is 4.90 Å². The summed E-state index contributed by atoms with van der Waals surface area (Å²) in [7, 11) is -0.255. The second-order valence-electron chi connectivity index (χ2n) is 4.06. The predicted molar refractivity (Wildman–Crippen MR) is 75.3 cm³/mol. The standard InChI is InChI=1S/C12H13NO3S.ClH/c1-13(2)11-5-3-10-8-12(17(14,15)16)6-4-9(10)7-11;/h3-8H,1-2H3,(H,14,15,16);1H. The van der Waals surface area contributed by atoms with Gasteiger partial charge in [0.25, 0.3) is 10.1 Å². The average molecular weight is 288 g/mol. The second-order valence-corrected chi connectivity index (χ2v) is 5.48. The molecule has 4 nitrogen and oxygen atoms in total. The van der Waals surface area contributed by atoms with E-state index in [-0.39, 0.29) is 17.3 Å². The lowest BCUT2D eigenvalue weighted by Gasteiger charge is -2.13. The maximum Gasteiger partial charge on any atom is 0.294 e. The molecule has 0 radical (unpaired) electrons. The lowest BCUT2D eigenvalue weighted by Crippen LogP contribution is -2.08. The van der Waals surface area contributed by atoms with Crippen molar-refractivity contribution < 1.29 is 13.0 Å². The topological polar surface area (TPSA) is 57.6 Å². The molecule has 1 N–H and O–H groups in total. The number of hydrogen-bond acceptors (Lipinski definition) is 3. The van der Waals surface area contributed by atoms with Gasteiger partial charge in [0.15, 0.2) is 0 Å². The van der Waals surface area contributed by atoms with Crippen LogP contribution in [0.3, 0.4) is 0 Å². The van der Waals surface area contributed by atoms with E-state index in [1.807, 2.05) is 37.2 Å². The zero-order valence-electron chi connectivity index (χ0n) is 9.99. The summed E-state index contributed by atoms with van der Waals surface area (Å²) in [5.41, 5.74) is 1.04. The molecule has 0 fully saturated rings. The van der Waals surface area contributed by atoms with Crippen LogP contribution in [-0.2, 0) is 10.1 Å². The molecule has 0 bridgehead atoms. The van der Waals surface area contributed by atoms with Gasteiger partial charge in [-0.1, -0.05) is 12.1 Å². The molecule has 2 aromatic carbocycles. The van der Waals surface area contributed by atoms with Crippen LogP contribution in [0.5, 0.6) is 0 Å². The first-order valence-electron chi connectivity index (χ1n) is 5.06. The van der Waals surface area contributed by atoms with Gasteiger partial charge in [-0.05, 0) is 35.0 Å². The van der Waals surface area contributed by atoms with Crippen LogP contribution in [0, 0.1) is 0 Å². The molecule has 18 heavy (non-hydrogen) atoms. The van der Waals surface area contributed by atoms with Gasteiger partial charge in [-0.3, -0.25) is 4.55 Å². The molecule has 0 atom stereocenters. The molecule has 0 aliphatic carbocycles. The summed E-state index contributed by atoms with van der Waals surface area (Å²) in [5.74, 6) is 0. The van der Waals surface area contributed by atoms with E-state index in [4.69, 9.17) is 4.55 Å². The van der Waals surface area contributed by atoms with E-state index in [1.165, 1.54) is 12.1 Å². The van der Waals surface area contributed by atoms with Crippen molar-refractivity contribution in [2.45, 2.75) is 4.90 Å². The van der Waals surface area contributed by atoms with E-state index in [0.717, 1.165) is 16.5 Å². The summed E-state index contributed by atoms with van der Waals surface area (Å²) in [6, 6.07) is 10.2. The Balaban J connectivity index is 0.00000162. The highest BCUT2D eigenvalue weighted by Crippen LogP contribution is 2.23. The highest BCUT2D eigenvalue weighted by molar-refractivity contribution is 7.85. The van der Waals surface area contributed by atoms with Crippen LogP contribution < -0.4 is 4.90 Å². The molecule has 0 heterocycles. The molecule has 0 amide bonds. The molecule has 2 rings (SSSR count). The molecule has 0 unspecified atom stereocenters. The zero-order valence-corrected chi connectivity index (χ0v) is 11.6. The highest BCUT2D eigenvalue weighted by atomic mass is 35.5. The van der Waals surface area contributed by atoms with Crippen molar-refractivity contribution >= 4 is 39.0 Å². The first kappa shape index (κ1) is 14.8. The summed E-state index contributed by atoms with van der Waals surface area (Å²) in [6.45, 7) is 0. The number of benzene rings is 2. The lowest BCUT2D eigenvalue weighted by molar-refractivity contribution is 0.483. The molecule has 0 saturated carbocycles. The van der Waals surface area contributed by atoms with Gasteiger partial charge in [-0.25, -0.2) is 0 Å². The van der Waals surface area contributed by atoms with Gasteiger partial charge >= 0.3 is 0 Å². The van der Waals surface area contributed by atoms with Gasteiger partial charge in [0.2, 0.25) is 0 Å². The Labute approximate surface area is 112 Å². The fourth-order valence-electron chi connectivity index (χ4n) is 1.65. The maximum atomic E-state index is 11.0. The molecule has 6 heteroatoms. The molecule has 0 aliphatic heterocycles. The minimum Gasteiger partial charge on any atom is -0.378 e. The summed E-state index contributed by atoms with van der Waals surface area (Å²) >= 11 is 0. The first-order valence-corrected chi connectivity index (χ1v) is 6.50. The monoisotopic (exact) mass is 287 g/mol. The third kappa shape index (κ3) is 2.93.